The predicted molar refractivity (Wildman–Crippen MR) is 127 cm³/mol. The van der Waals surface area contributed by atoms with E-state index in [2.05, 4.69) is 29.2 Å². The predicted octanol–water partition coefficient (Wildman–Crippen LogP) is 3.52. The van der Waals surface area contributed by atoms with Crippen LogP contribution in [0.25, 0.3) is 10.9 Å². The average molecular weight is 443 g/mol. The van der Waals surface area contributed by atoms with Crippen LogP contribution in [0.5, 0.6) is 5.75 Å². The lowest BCUT2D eigenvalue weighted by Gasteiger charge is -2.63. The number of rotatable bonds is 2. The summed E-state index contributed by atoms with van der Waals surface area (Å²) in [6, 6.07) is 16.3. The van der Waals surface area contributed by atoms with Gasteiger partial charge >= 0.3 is 0 Å². The van der Waals surface area contributed by atoms with Gasteiger partial charge in [0, 0.05) is 48.5 Å². The molecule has 4 atom stereocenters. The van der Waals surface area contributed by atoms with Gasteiger partial charge in [0.1, 0.15) is 5.75 Å². The average Bonchev–Trinajstić information content (AvgIpc) is 3.32. The SMILES string of the molecule is Oc1ccc2c(c1)[C@]13CCN(C[C@@H]4CCCO4)[C@H](C2)[C@]1(O)Cc1cc2ccccc2nc1C3. The van der Waals surface area contributed by atoms with Crippen molar-refractivity contribution in [1.82, 2.24) is 9.88 Å². The number of aromatic nitrogens is 1. The first kappa shape index (κ1) is 20.0. The third-order valence-corrected chi connectivity index (χ3v) is 8.95. The van der Waals surface area contributed by atoms with E-state index in [1.54, 1.807) is 6.07 Å². The number of aliphatic hydroxyl groups is 1. The molecule has 0 spiro atoms. The van der Waals surface area contributed by atoms with E-state index >= 15 is 0 Å². The van der Waals surface area contributed by atoms with Gasteiger partial charge in [0.2, 0.25) is 0 Å². The van der Waals surface area contributed by atoms with Gasteiger partial charge < -0.3 is 14.9 Å². The summed E-state index contributed by atoms with van der Waals surface area (Å²) in [5.41, 5.74) is 4.32. The molecule has 2 fully saturated rings. The number of pyridine rings is 1. The first-order chi connectivity index (χ1) is 16.1. The van der Waals surface area contributed by atoms with Gasteiger partial charge in [-0.2, -0.15) is 0 Å². The maximum absolute atomic E-state index is 12.7. The Kier molecular flexibility index (Phi) is 4.24. The van der Waals surface area contributed by atoms with Crippen LogP contribution in [0.1, 0.15) is 41.6 Å². The second-order valence-corrected chi connectivity index (χ2v) is 10.6. The number of likely N-dealkylation sites (tertiary alicyclic amines) is 1. The molecule has 3 aromatic rings. The molecule has 2 aliphatic carbocycles. The summed E-state index contributed by atoms with van der Waals surface area (Å²) in [5.74, 6) is 0.281. The number of benzene rings is 2. The molecule has 7 rings (SSSR count). The number of ether oxygens (including phenoxy) is 1. The van der Waals surface area contributed by atoms with E-state index in [-0.39, 0.29) is 17.9 Å². The van der Waals surface area contributed by atoms with Crippen LogP contribution in [0.4, 0.5) is 0 Å². The highest BCUT2D eigenvalue weighted by atomic mass is 16.5. The number of nitrogens with zero attached hydrogens (tertiary/aromatic N) is 2. The Morgan fingerprint density at radius 2 is 2.00 bits per heavy atom. The molecule has 3 heterocycles. The second-order valence-electron chi connectivity index (χ2n) is 10.6. The minimum absolute atomic E-state index is 0.0344. The molecule has 0 radical (unpaired) electrons. The van der Waals surface area contributed by atoms with Gasteiger partial charge in [-0.15, -0.1) is 0 Å². The number of hydrogen-bond donors (Lipinski definition) is 2. The lowest BCUT2D eigenvalue weighted by atomic mass is 9.49. The number of para-hydroxylation sites is 1. The van der Waals surface area contributed by atoms with E-state index < -0.39 is 11.0 Å². The third kappa shape index (κ3) is 2.79. The van der Waals surface area contributed by atoms with Crippen LogP contribution < -0.4 is 0 Å². The molecule has 2 saturated heterocycles. The zero-order valence-corrected chi connectivity index (χ0v) is 18.8. The van der Waals surface area contributed by atoms with Crippen molar-refractivity contribution in [3.05, 3.63) is 70.9 Å². The summed E-state index contributed by atoms with van der Waals surface area (Å²) >= 11 is 0. The van der Waals surface area contributed by atoms with Crippen molar-refractivity contribution in [2.75, 3.05) is 19.7 Å². The van der Waals surface area contributed by atoms with Crippen LogP contribution in [0.3, 0.4) is 0 Å². The smallest absolute Gasteiger partial charge is 0.115 e. The van der Waals surface area contributed by atoms with E-state index in [4.69, 9.17) is 9.72 Å². The molecule has 5 nitrogen and oxygen atoms in total. The van der Waals surface area contributed by atoms with Crippen LogP contribution in [-0.4, -0.2) is 57.5 Å². The van der Waals surface area contributed by atoms with Crippen LogP contribution >= 0.6 is 0 Å². The molecule has 0 saturated carbocycles. The highest BCUT2D eigenvalue weighted by Crippen LogP contribution is 2.57. The number of fused-ring (bicyclic) bond motifs is 3. The van der Waals surface area contributed by atoms with E-state index in [0.717, 1.165) is 67.5 Å². The normalized spacial score (nSPS) is 32.9. The monoisotopic (exact) mass is 442 g/mol. The Balaban J connectivity index is 1.39. The number of phenolic OH excluding ortho intramolecular Hbond substituents is 1. The van der Waals surface area contributed by atoms with Crippen molar-refractivity contribution >= 4 is 10.9 Å². The molecule has 0 amide bonds. The van der Waals surface area contributed by atoms with Crippen molar-refractivity contribution in [3.63, 3.8) is 0 Å². The molecule has 2 aromatic carbocycles. The standard InChI is InChI=1S/C28H30N2O3/c31-21-8-7-18-13-26-28(32)15-20-12-19-4-1-2-6-24(19)29-25(20)16-27(28,23(18)14-21)9-10-30(26)17-22-5-3-11-33-22/h1-2,4,6-8,12,14,22,26,31-32H,3,5,9-11,13,15-17H2/t22-,26+,27+,28+/m0/s1. The molecule has 1 aromatic heterocycles. The summed E-state index contributed by atoms with van der Waals surface area (Å²) in [4.78, 5) is 7.57. The van der Waals surface area contributed by atoms with Crippen molar-refractivity contribution in [2.24, 2.45) is 0 Å². The van der Waals surface area contributed by atoms with Crippen LogP contribution in [0.15, 0.2) is 48.5 Å². The molecule has 170 valence electrons. The Labute approximate surface area is 194 Å². The number of piperidine rings is 1. The maximum Gasteiger partial charge on any atom is 0.115 e. The zero-order valence-electron chi connectivity index (χ0n) is 18.8. The minimum Gasteiger partial charge on any atom is -0.508 e. The van der Waals surface area contributed by atoms with E-state index in [1.165, 1.54) is 11.1 Å². The highest BCUT2D eigenvalue weighted by molar-refractivity contribution is 5.79. The van der Waals surface area contributed by atoms with Crippen molar-refractivity contribution in [1.29, 1.82) is 0 Å². The van der Waals surface area contributed by atoms with Gasteiger partial charge in [0.15, 0.2) is 0 Å². The Hall–Kier alpha value is -2.47. The molecule has 2 N–H and O–H groups in total. The van der Waals surface area contributed by atoms with Crippen LogP contribution in [0.2, 0.25) is 0 Å². The van der Waals surface area contributed by atoms with Crippen LogP contribution in [-0.2, 0) is 29.4 Å². The molecular weight excluding hydrogens is 412 g/mol. The third-order valence-electron chi connectivity index (χ3n) is 8.95. The van der Waals surface area contributed by atoms with Gasteiger partial charge in [-0.25, -0.2) is 0 Å². The van der Waals surface area contributed by atoms with Gasteiger partial charge in [0.25, 0.3) is 0 Å². The topological polar surface area (TPSA) is 65.8 Å². The number of hydrogen-bond acceptors (Lipinski definition) is 5. The lowest BCUT2D eigenvalue weighted by molar-refractivity contribution is -0.156. The van der Waals surface area contributed by atoms with Crippen LogP contribution in [0, 0.1) is 0 Å². The molecular formula is C28H30N2O3. The number of phenols is 1. The molecule has 5 heteroatoms. The second kappa shape index (κ2) is 7.02. The van der Waals surface area contributed by atoms with E-state index in [1.807, 2.05) is 18.2 Å². The molecule has 2 bridgehead atoms. The van der Waals surface area contributed by atoms with Gasteiger partial charge in [-0.1, -0.05) is 24.3 Å². The minimum atomic E-state index is -0.901. The zero-order chi connectivity index (χ0) is 22.2. The molecule has 33 heavy (non-hydrogen) atoms. The quantitative estimate of drug-likeness (QED) is 0.636. The summed E-state index contributed by atoms with van der Waals surface area (Å²) in [6.45, 7) is 2.68. The first-order valence-corrected chi connectivity index (χ1v) is 12.3. The highest BCUT2D eigenvalue weighted by Gasteiger charge is 2.64. The summed E-state index contributed by atoms with van der Waals surface area (Å²) in [5, 5.41) is 24.2. The van der Waals surface area contributed by atoms with Gasteiger partial charge in [-0.05, 0) is 73.2 Å². The summed E-state index contributed by atoms with van der Waals surface area (Å²) < 4.78 is 5.98. The Bertz CT molecular complexity index is 1250. The van der Waals surface area contributed by atoms with Crippen molar-refractivity contribution in [2.45, 2.75) is 61.7 Å². The fourth-order valence-electron chi connectivity index (χ4n) is 7.36. The van der Waals surface area contributed by atoms with Crippen molar-refractivity contribution in [3.8, 4) is 5.75 Å². The lowest BCUT2D eigenvalue weighted by Crippen LogP contribution is -2.74. The molecule has 2 aliphatic heterocycles. The van der Waals surface area contributed by atoms with E-state index in [9.17, 15) is 10.2 Å². The molecule has 0 unspecified atom stereocenters. The van der Waals surface area contributed by atoms with Gasteiger partial charge in [-0.3, -0.25) is 9.88 Å². The molecule has 4 aliphatic rings. The first-order valence-electron chi connectivity index (χ1n) is 12.3. The largest absolute Gasteiger partial charge is 0.508 e. The van der Waals surface area contributed by atoms with E-state index in [0.29, 0.717) is 12.8 Å². The van der Waals surface area contributed by atoms with Crippen molar-refractivity contribution < 1.29 is 14.9 Å². The number of aromatic hydroxyl groups is 1. The fourth-order valence-corrected chi connectivity index (χ4v) is 7.36. The maximum atomic E-state index is 12.7. The Morgan fingerprint density at radius 1 is 1.09 bits per heavy atom. The fraction of sp³-hybridized carbons (Fsp3) is 0.464. The summed E-state index contributed by atoms with van der Waals surface area (Å²) in [7, 11) is 0. The Morgan fingerprint density at radius 3 is 2.88 bits per heavy atom. The summed E-state index contributed by atoms with van der Waals surface area (Å²) in [6.07, 6.45) is 5.48. The van der Waals surface area contributed by atoms with Gasteiger partial charge in [0.05, 0.1) is 17.2 Å².